The summed E-state index contributed by atoms with van der Waals surface area (Å²) in [6.45, 7) is 3.81. The number of fused-ring (bicyclic) bond motifs is 1. The van der Waals surface area contributed by atoms with Gasteiger partial charge in [-0.3, -0.25) is 9.59 Å². The van der Waals surface area contributed by atoms with Gasteiger partial charge in [-0.15, -0.1) is 0 Å². The first-order valence-corrected chi connectivity index (χ1v) is 10.3. The van der Waals surface area contributed by atoms with Gasteiger partial charge >= 0.3 is 11.7 Å². The number of hydrogen-bond donors (Lipinski definition) is 3. The standard InChI is InChI=1S/C21H23N3O4S/c1-21(2,29-3)16(19(26)27)10-12-4-7-14(8-5-12)24-18(25)15-11-13(22)6-9-17(15)23-20(24)28/h4-9,11,16H,10,22H2,1-3H3,(H,23,28)(H,26,27). The van der Waals surface area contributed by atoms with Crippen molar-refractivity contribution in [3.8, 4) is 5.69 Å². The van der Waals surface area contributed by atoms with E-state index in [2.05, 4.69) is 4.98 Å². The SMILES string of the molecule is CSC(C)(C)C(Cc1ccc(-n2c(=O)[nH]c3ccc(N)cc3c2=O)cc1)C(=O)O. The summed E-state index contributed by atoms with van der Waals surface area (Å²) < 4.78 is 0.614. The lowest BCUT2D eigenvalue weighted by Crippen LogP contribution is -2.35. The van der Waals surface area contributed by atoms with E-state index < -0.39 is 27.9 Å². The van der Waals surface area contributed by atoms with Gasteiger partial charge in [0, 0.05) is 10.4 Å². The number of carbonyl (C=O) groups is 1. The number of nitrogen functional groups attached to an aromatic ring is 1. The fourth-order valence-electron chi connectivity index (χ4n) is 3.26. The number of aromatic amines is 1. The smallest absolute Gasteiger partial charge is 0.333 e. The number of thioether (sulfide) groups is 1. The van der Waals surface area contributed by atoms with E-state index in [-0.39, 0.29) is 0 Å². The zero-order chi connectivity index (χ0) is 21.3. The Bertz CT molecular complexity index is 1180. The number of aromatic nitrogens is 2. The van der Waals surface area contributed by atoms with Crippen molar-refractivity contribution in [1.29, 1.82) is 0 Å². The molecule has 152 valence electrons. The minimum Gasteiger partial charge on any atom is -0.481 e. The van der Waals surface area contributed by atoms with Gasteiger partial charge in [-0.05, 0) is 62.4 Å². The van der Waals surface area contributed by atoms with Gasteiger partial charge in [0.05, 0.1) is 22.5 Å². The van der Waals surface area contributed by atoms with E-state index in [0.717, 1.165) is 10.1 Å². The van der Waals surface area contributed by atoms with E-state index in [1.807, 2.05) is 20.1 Å². The molecule has 0 amide bonds. The first-order valence-electron chi connectivity index (χ1n) is 9.06. The summed E-state index contributed by atoms with van der Waals surface area (Å²) in [5, 5.41) is 9.94. The van der Waals surface area contributed by atoms with Crippen LogP contribution in [0.15, 0.2) is 52.1 Å². The molecule has 1 heterocycles. The molecular weight excluding hydrogens is 390 g/mol. The second-order valence-corrected chi connectivity index (χ2v) is 8.91. The second-order valence-electron chi connectivity index (χ2n) is 7.44. The molecular formula is C21H23N3O4S. The average Bonchev–Trinajstić information content (AvgIpc) is 2.67. The topological polar surface area (TPSA) is 118 Å². The Morgan fingerprint density at radius 1 is 1.21 bits per heavy atom. The average molecular weight is 413 g/mol. The molecule has 0 spiro atoms. The fraction of sp³-hybridized carbons (Fsp3) is 0.286. The highest BCUT2D eigenvalue weighted by Gasteiger charge is 2.34. The Morgan fingerprint density at radius 2 is 1.86 bits per heavy atom. The molecule has 4 N–H and O–H groups in total. The van der Waals surface area contributed by atoms with E-state index >= 15 is 0 Å². The summed E-state index contributed by atoms with van der Waals surface area (Å²) in [5.74, 6) is -1.42. The Kier molecular flexibility index (Phi) is 5.57. The number of hydrogen-bond acceptors (Lipinski definition) is 5. The molecule has 0 saturated heterocycles. The first-order chi connectivity index (χ1) is 13.6. The summed E-state index contributed by atoms with van der Waals surface area (Å²) in [6, 6.07) is 11.5. The summed E-state index contributed by atoms with van der Waals surface area (Å²) in [7, 11) is 0. The molecule has 1 atom stereocenters. The van der Waals surface area contributed by atoms with Crippen molar-refractivity contribution in [2.45, 2.75) is 25.0 Å². The summed E-state index contributed by atoms with van der Waals surface area (Å²) in [4.78, 5) is 39.7. The molecule has 1 unspecified atom stereocenters. The molecule has 8 heteroatoms. The van der Waals surface area contributed by atoms with Crippen molar-refractivity contribution in [2.24, 2.45) is 5.92 Å². The minimum absolute atomic E-state index is 0.321. The number of carboxylic acids is 1. The number of nitrogens with one attached hydrogen (secondary N) is 1. The molecule has 2 aromatic carbocycles. The van der Waals surface area contributed by atoms with Gasteiger partial charge in [0.25, 0.3) is 5.56 Å². The lowest BCUT2D eigenvalue weighted by atomic mass is 9.88. The molecule has 1 aromatic heterocycles. The predicted octanol–water partition coefficient (Wildman–Crippen LogP) is 2.65. The summed E-state index contributed by atoms with van der Waals surface area (Å²) >= 11 is 1.51. The molecule has 0 radical (unpaired) electrons. The highest BCUT2D eigenvalue weighted by Crippen LogP contribution is 2.33. The molecule has 0 bridgehead atoms. The Hall–Kier alpha value is -3.00. The molecule has 0 aliphatic carbocycles. The van der Waals surface area contributed by atoms with E-state index in [1.54, 1.807) is 36.4 Å². The van der Waals surface area contributed by atoms with Crippen LogP contribution < -0.4 is 17.0 Å². The van der Waals surface area contributed by atoms with Gasteiger partial charge in [0.15, 0.2) is 0 Å². The van der Waals surface area contributed by atoms with E-state index in [1.165, 1.54) is 17.8 Å². The second kappa shape index (κ2) is 7.79. The number of carboxylic acid groups (broad SMARTS) is 1. The Labute approximate surface area is 171 Å². The molecule has 0 fully saturated rings. The van der Waals surface area contributed by atoms with Gasteiger partial charge < -0.3 is 15.8 Å². The minimum atomic E-state index is -0.854. The van der Waals surface area contributed by atoms with Crippen molar-refractivity contribution in [3.63, 3.8) is 0 Å². The maximum Gasteiger partial charge on any atom is 0.333 e. The van der Waals surface area contributed by atoms with E-state index in [9.17, 15) is 19.5 Å². The van der Waals surface area contributed by atoms with Crippen LogP contribution in [0, 0.1) is 5.92 Å². The Balaban J connectivity index is 2.00. The van der Waals surface area contributed by atoms with Crippen molar-refractivity contribution < 1.29 is 9.90 Å². The number of H-pyrrole nitrogens is 1. The fourth-order valence-corrected chi connectivity index (χ4v) is 3.72. The van der Waals surface area contributed by atoms with Gasteiger partial charge in [0.1, 0.15) is 0 Å². The summed E-state index contributed by atoms with van der Waals surface area (Å²) in [5.41, 5.74) is 6.83. The molecule has 3 aromatic rings. The quantitative estimate of drug-likeness (QED) is 0.535. The van der Waals surface area contributed by atoms with Crippen LogP contribution in [-0.4, -0.2) is 31.6 Å². The molecule has 0 aliphatic rings. The molecule has 29 heavy (non-hydrogen) atoms. The highest BCUT2D eigenvalue weighted by molar-refractivity contribution is 8.00. The number of nitrogens with zero attached hydrogens (tertiary/aromatic N) is 1. The number of aliphatic carboxylic acids is 1. The third kappa shape index (κ3) is 4.07. The summed E-state index contributed by atoms with van der Waals surface area (Å²) in [6.07, 6.45) is 2.24. The zero-order valence-corrected chi connectivity index (χ0v) is 17.2. The third-order valence-electron chi connectivity index (χ3n) is 5.22. The monoisotopic (exact) mass is 413 g/mol. The lowest BCUT2D eigenvalue weighted by Gasteiger charge is -2.29. The zero-order valence-electron chi connectivity index (χ0n) is 16.4. The van der Waals surface area contributed by atoms with Crippen molar-refractivity contribution in [3.05, 3.63) is 68.9 Å². The van der Waals surface area contributed by atoms with Crippen LogP contribution in [0.4, 0.5) is 5.69 Å². The van der Waals surface area contributed by atoms with E-state index in [4.69, 9.17) is 5.73 Å². The maximum atomic E-state index is 12.8. The van der Waals surface area contributed by atoms with Gasteiger partial charge in [0.2, 0.25) is 0 Å². The van der Waals surface area contributed by atoms with Crippen LogP contribution >= 0.6 is 11.8 Å². The van der Waals surface area contributed by atoms with Crippen LogP contribution in [-0.2, 0) is 11.2 Å². The van der Waals surface area contributed by atoms with E-state index in [0.29, 0.717) is 28.7 Å². The molecule has 0 aliphatic heterocycles. The van der Waals surface area contributed by atoms with Crippen molar-refractivity contribution in [1.82, 2.24) is 9.55 Å². The van der Waals surface area contributed by atoms with Crippen LogP contribution in [0.3, 0.4) is 0 Å². The normalized spacial score (nSPS) is 12.8. The predicted molar refractivity (Wildman–Crippen MR) is 117 cm³/mol. The van der Waals surface area contributed by atoms with Crippen LogP contribution in [0.25, 0.3) is 16.6 Å². The van der Waals surface area contributed by atoms with Crippen LogP contribution in [0.5, 0.6) is 0 Å². The third-order valence-corrected chi connectivity index (χ3v) is 6.56. The molecule has 3 rings (SSSR count). The van der Waals surface area contributed by atoms with Crippen LogP contribution in [0.2, 0.25) is 0 Å². The van der Waals surface area contributed by atoms with Crippen molar-refractivity contribution >= 4 is 34.3 Å². The van der Waals surface area contributed by atoms with Crippen LogP contribution in [0.1, 0.15) is 19.4 Å². The first kappa shape index (κ1) is 20.7. The largest absolute Gasteiger partial charge is 0.481 e. The highest BCUT2D eigenvalue weighted by atomic mass is 32.2. The van der Waals surface area contributed by atoms with Gasteiger partial charge in [-0.25, -0.2) is 9.36 Å². The Morgan fingerprint density at radius 3 is 2.45 bits per heavy atom. The molecule has 7 nitrogen and oxygen atoms in total. The van der Waals surface area contributed by atoms with Gasteiger partial charge in [-0.1, -0.05) is 12.1 Å². The number of rotatable bonds is 6. The number of benzene rings is 2. The number of nitrogens with two attached hydrogens (primary N) is 1. The maximum absolute atomic E-state index is 12.8. The molecule has 0 saturated carbocycles. The van der Waals surface area contributed by atoms with Crippen molar-refractivity contribution in [2.75, 3.05) is 12.0 Å². The lowest BCUT2D eigenvalue weighted by molar-refractivity contribution is -0.142. The van der Waals surface area contributed by atoms with Gasteiger partial charge in [-0.2, -0.15) is 11.8 Å². The number of anilines is 1.